The molecule has 1 atom stereocenters. The van der Waals surface area contributed by atoms with Gasteiger partial charge in [-0.2, -0.15) is 0 Å². The second-order valence-electron chi connectivity index (χ2n) is 23.1. The first-order valence-corrected chi connectivity index (χ1v) is 33.7. The van der Waals surface area contributed by atoms with Crippen LogP contribution in [0.2, 0.25) is 0 Å². The lowest BCUT2D eigenvalue weighted by Gasteiger charge is -2.18. The van der Waals surface area contributed by atoms with Gasteiger partial charge < -0.3 is 14.2 Å². The molecule has 0 heterocycles. The van der Waals surface area contributed by atoms with E-state index in [1.165, 1.54) is 289 Å². The molecule has 438 valence electrons. The zero-order chi connectivity index (χ0) is 53.6. The maximum absolute atomic E-state index is 12.9. The summed E-state index contributed by atoms with van der Waals surface area (Å²) in [5.74, 6) is -0.838. The topological polar surface area (TPSA) is 78.9 Å². The van der Waals surface area contributed by atoms with Gasteiger partial charge in [-0.15, -0.1) is 0 Å². The van der Waals surface area contributed by atoms with Gasteiger partial charge in [-0.1, -0.05) is 335 Å². The summed E-state index contributed by atoms with van der Waals surface area (Å²) >= 11 is 0. The highest BCUT2D eigenvalue weighted by molar-refractivity contribution is 5.71. The van der Waals surface area contributed by atoms with Crippen molar-refractivity contribution in [1.29, 1.82) is 0 Å². The molecule has 0 aliphatic carbocycles. The zero-order valence-corrected chi connectivity index (χ0v) is 50.4. The lowest BCUT2D eigenvalue weighted by Crippen LogP contribution is -2.30. The van der Waals surface area contributed by atoms with Gasteiger partial charge in [0.25, 0.3) is 0 Å². The van der Waals surface area contributed by atoms with Crippen molar-refractivity contribution < 1.29 is 28.6 Å². The first kappa shape index (κ1) is 72.2. The van der Waals surface area contributed by atoms with E-state index in [1.54, 1.807) is 0 Å². The maximum Gasteiger partial charge on any atom is 0.306 e. The summed E-state index contributed by atoms with van der Waals surface area (Å²) in [4.78, 5) is 38.2. The number of hydrogen-bond donors (Lipinski definition) is 0. The molecule has 0 amide bonds. The summed E-state index contributed by atoms with van der Waals surface area (Å²) in [7, 11) is 0. The average Bonchev–Trinajstić information content (AvgIpc) is 3.40. The van der Waals surface area contributed by atoms with Crippen LogP contribution in [0.3, 0.4) is 0 Å². The van der Waals surface area contributed by atoms with Crippen LogP contribution in [0.1, 0.15) is 387 Å². The van der Waals surface area contributed by atoms with Crippen molar-refractivity contribution in [2.45, 2.75) is 393 Å². The highest BCUT2D eigenvalue weighted by Gasteiger charge is 2.19. The number of allylic oxidation sites excluding steroid dienone is 2. The van der Waals surface area contributed by atoms with E-state index in [-0.39, 0.29) is 31.1 Å². The fraction of sp³-hybridized carbons (Fsp3) is 0.926. The molecule has 0 rings (SSSR count). The van der Waals surface area contributed by atoms with Crippen LogP contribution < -0.4 is 0 Å². The Morgan fingerprint density at radius 1 is 0.257 bits per heavy atom. The normalized spacial score (nSPS) is 12.0. The van der Waals surface area contributed by atoms with E-state index < -0.39 is 6.10 Å². The molecule has 6 nitrogen and oxygen atoms in total. The predicted octanol–water partition coefficient (Wildman–Crippen LogP) is 22.8. The fourth-order valence-electron chi connectivity index (χ4n) is 10.4. The van der Waals surface area contributed by atoms with Crippen molar-refractivity contribution in [2.24, 2.45) is 0 Å². The lowest BCUT2D eigenvalue weighted by molar-refractivity contribution is -0.167. The molecule has 0 aliphatic heterocycles. The number of carbonyl (C=O) groups excluding carboxylic acids is 3. The molecule has 74 heavy (non-hydrogen) atoms. The minimum absolute atomic E-state index is 0.0637. The molecule has 0 fully saturated rings. The molecule has 0 radical (unpaired) electrons. The van der Waals surface area contributed by atoms with Crippen molar-refractivity contribution in [2.75, 3.05) is 13.2 Å². The second kappa shape index (κ2) is 63.7. The first-order chi connectivity index (χ1) is 36.5. The number of esters is 3. The number of rotatable bonds is 63. The molecule has 0 saturated heterocycles. The Morgan fingerprint density at radius 2 is 0.446 bits per heavy atom. The van der Waals surface area contributed by atoms with Gasteiger partial charge in [0.2, 0.25) is 0 Å². The van der Waals surface area contributed by atoms with Crippen molar-refractivity contribution in [3.8, 4) is 0 Å². The predicted molar refractivity (Wildman–Crippen MR) is 321 cm³/mol. The number of ether oxygens (including phenoxy) is 3. The van der Waals surface area contributed by atoms with Gasteiger partial charge in [0, 0.05) is 19.3 Å². The number of carbonyl (C=O) groups is 3. The van der Waals surface area contributed by atoms with Crippen LogP contribution in [0.25, 0.3) is 0 Å². The summed E-state index contributed by atoms with van der Waals surface area (Å²) in [6, 6.07) is 0. The van der Waals surface area contributed by atoms with Gasteiger partial charge in [0.15, 0.2) is 6.10 Å². The third-order valence-electron chi connectivity index (χ3n) is 15.5. The Bertz CT molecular complexity index is 1150. The third-order valence-corrected chi connectivity index (χ3v) is 15.5. The van der Waals surface area contributed by atoms with E-state index in [1.807, 2.05) is 0 Å². The quantitative estimate of drug-likeness (QED) is 0.0261. The zero-order valence-electron chi connectivity index (χ0n) is 50.4. The summed E-state index contributed by atoms with van der Waals surface area (Å²) in [6.07, 6.45) is 75.4. The average molecular weight is 1040 g/mol. The summed E-state index contributed by atoms with van der Waals surface area (Å²) < 4.78 is 16.9. The van der Waals surface area contributed by atoms with E-state index in [4.69, 9.17) is 14.2 Å². The molecule has 0 aromatic rings. The fourth-order valence-corrected chi connectivity index (χ4v) is 10.4. The maximum atomic E-state index is 12.9. The Balaban J connectivity index is 4.08. The molecule has 6 heteroatoms. The van der Waals surface area contributed by atoms with Crippen LogP contribution in [0.5, 0.6) is 0 Å². The molecule has 0 spiro atoms. The van der Waals surface area contributed by atoms with E-state index in [9.17, 15) is 14.4 Å². The molecule has 0 aromatic carbocycles. The van der Waals surface area contributed by atoms with Crippen molar-refractivity contribution in [3.05, 3.63) is 12.2 Å². The van der Waals surface area contributed by atoms with E-state index in [0.717, 1.165) is 57.8 Å². The van der Waals surface area contributed by atoms with Crippen molar-refractivity contribution in [1.82, 2.24) is 0 Å². The Morgan fingerprint density at radius 3 is 0.676 bits per heavy atom. The SMILES string of the molecule is CCCCCCCCCC/C=C\CCCCCCCCCCCCCCCC(=O)OCC(COC(=O)CCCCCCCCCC)OC(=O)CCCCCCCCCCCCCCCCCCCCCCCCC. The molecule has 0 N–H and O–H groups in total. The second-order valence-corrected chi connectivity index (χ2v) is 23.1. The van der Waals surface area contributed by atoms with Crippen LogP contribution in [-0.2, 0) is 28.6 Å². The largest absolute Gasteiger partial charge is 0.462 e. The van der Waals surface area contributed by atoms with Crippen LogP contribution in [-0.4, -0.2) is 37.2 Å². The minimum Gasteiger partial charge on any atom is -0.462 e. The number of unbranched alkanes of at least 4 members (excludes halogenated alkanes) is 50. The highest BCUT2D eigenvalue weighted by atomic mass is 16.6. The molecule has 0 saturated carbocycles. The standard InChI is InChI=1S/C68H130O6/c1-4-7-10-13-16-19-21-23-25-27-29-31-33-34-36-37-39-41-43-45-47-49-52-55-58-61-67(70)73-64-65(63-72-66(69)60-57-54-51-18-15-12-9-6-3)74-68(71)62-59-56-53-50-48-46-44-42-40-38-35-32-30-28-26-24-22-20-17-14-11-8-5-2/h27,29,65H,4-26,28,30-64H2,1-3H3/b29-27-. The van der Waals surface area contributed by atoms with E-state index in [0.29, 0.717) is 19.3 Å². The first-order valence-electron chi connectivity index (χ1n) is 33.7. The Labute approximate surface area is 462 Å². The molecule has 0 aliphatic rings. The van der Waals surface area contributed by atoms with Crippen LogP contribution in [0.15, 0.2) is 12.2 Å². The summed E-state index contributed by atoms with van der Waals surface area (Å²) in [6.45, 7) is 6.69. The molecule has 0 aromatic heterocycles. The van der Waals surface area contributed by atoms with E-state index in [2.05, 4.69) is 32.9 Å². The number of hydrogen-bond acceptors (Lipinski definition) is 6. The van der Waals surface area contributed by atoms with Gasteiger partial charge in [0.1, 0.15) is 13.2 Å². The summed E-state index contributed by atoms with van der Waals surface area (Å²) in [5.41, 5.74) is 0. The van der Waals surface area contributed by atoms with Crippen molar-refractivity contribution >= 4 is 17.9 Å². The third kappa shape index (κ3) is 61.0. The van der Waals surface area contributed by atoms with Crippen molar-refractivity contribution in [3.63, 3.8) is 0 Å². The van der Waals surface area contributed by atoms with Gasteiger partial charge in [0.05, 0.1) is 0 Å². The lowest BCUT2D eigenvalue weighted by atomic mass is 10.0. The van der Waals surface area contributed by atoms with Crippen LogP contribution >= 0.6 is 0 Å². The van der Waals surface area contributed by atoms with Gasteiger partial charge in [-0.25, -0.2) is 0 Å². The van der Waals surface area contributed by atoms with Crippen LogP contribution in [0, 0.1) is 0 Å². The summed E-state index contributed by atoms with van der Waals surface area (Å²) in [5, 5.41) is 0. The van der Waals surface area contributed by atoms with Gasteiger partial charge in [-0.05, 0) is 44.9 Å². The Hall–Kier alpha value is -1.85. The van der Waals surface area contributed by atoms with Crippen LogP contribution in [0.4, 0.5) is 0 Å². The molecule has 0 bridgehead atoms. The monoisotopic (exact) mass is 1040 g/mol. The Kier molecular flexibility index (Phi) is 62.1. The molecular weight excluding hydrogens is 913 g/mol. The van der Waals surface area contributed by atoms with E-state index >= 15 is 0 Å². The van der Waals surface area contributed by atoms with Gasteiger partial charge in [-0.3, -0.25) is 14.4 Å². The highest BCUT2D eigenvalue weighted by Crippen LogP contribution is 2.19. The smallest absolute Gasteiger partial charge is 0.306 e. The molecular formula is C68H130O6. The molecule has 1 unspecified atom stereocenters. The minimum atomic E-state index is -0.764. The van der Waals surface area contributed by atoms with Gasteiger partial charge >= 0.3 is 17.9 Å².